The van der Waals surface area contributed by atoms with Gasteiger partial charge in [0, 0.05) is 6.07 Å². The second kappa shape index (κ2) is 5.35. The molecule has 5 heteroatoms. The van der Waals surface area contributed by atoms with E-state index in [0.717, 1.165) is 31.2 Å². The number of nitro benzene ring substituents is 1. The molecule has 0 unspecified atom stereocenters. The lowest BCUT2D eigenvalue weighted by Crippen LogP contribution is -2.34. The maximum Gasteiger partial charge on any atom is 0.273 e. The number of aliphatic hydroxyl groups excluding tert-OH is 1. The highest BCUT2D eigenvalue weighted by Gasteiger charge is 2.25. The Morgan fingerprint density at radius 3 is 2.78 bits per heavy atom. The van der Waals surface area contributed by atoms with E-state index in [2.05, 4.69) is 0 Å². The summed E-state index contributed by atoms with van der Waals surface area (Å²) < 4.78 is 5.73. The molecule has 1 aliphatic rings. The minimum absolute atomic E-state index is 0.0147. The Hall–Kier alpha value is -1.62. The summed E-state index contributed by atoms with van der Waals surface area (Å²) in [5.74, 6) is 0.496. The van der Waals surface area contributed by atoms with Crippen LogP contribution in [0.2, 0.25) is 0 Å². The van der Waals surface area contributed by atoms with E-state index >= 15 is 0 Å². The van der Waals surface area contributed by atoms with Crippen LogP contribution in [0.3, 0.4) is 0 Å². The summed E-state index contributed by atoms with van der Waals surface area (Å²) in [6, 6.07) is 4.55. The van der Waals surface area contributed by atoms with E-state index in [-0.39, 0.29) is 11.8 Å². The van der Waals surface area contributed by atoms with Crippen molar-refractivity contribution >= 4 is 5.69 Å². The Balaban J connectivity index is 2.17. The molecule has 1 aromatic carbocycles. The molecule has 0 saturated heterocycles. The van der Waals surface area contributed by atoms with Gasteiger partial charge < -0.3 is 9.84 Å². The number of nitrogens with zero attached hydrogens (tertiary/aromatic N) is 1. The molecule has 1 fully saturated rings. The molecule has 1 aromatic rings. The third kappa shape index (κ3) is 2.79. The van der Waals surface area contributed by atoms with Crippen LogP contribution >= 0.6 is 0 Å². The number of non-ortho nitro benzene ring substituents is 1. The van der Waals surface area contributed by atoms with Gasteiger partial charge >= 0.3 is 0 Å². The summed E-state index contributed by atoms with van der Waals surface area (Å²) in [7, 11) is 0. The number of rotatable bonds is 3. The second-order valence-electron chi connectivity index (χ2n) is 4.72. The highest BCUT2D eigenvalue weighted by Crippen LogP contribution is 2.29. The fourth-order valence-corrected chi connectivity index (χ4v) is 2.21. The molecular formula is C13H17NO4. The highest BCUT2D eigenvalue weighted by molar-refractivity contribution is 5.43. The molecule has 1 N–H and O–H groups in total. The van der Waals surface area contributed by atoms with Gasteiger partial charge in [0.05, 0.1) is 17.1 Å². The van der Waals surface area contributed by atoms with Gasteiger partial charge in [-0.1, -0.05) is 6.42 Å². The molecule has 0 spiro atoms. The SMILES string of the molecule is Cc1ccc([N+](=O)[O-])cc1O[C@H]1CCCC[C@@H]1O. The monoisotopic (exact) mass is 251 g/mol. The second-order valence-corrected chi connectivity index (χ2v) is 4.72. The van der Waals surface area contributed by atoms with Gasteiger partial charge in [0.25, 0.3) is 5.69 Å². The maximum atomic E-state index is 10.7. The zero-order valence-corrected chi connectivity index (χ0v) is 10.3. The number of nitro groups is 1. The molecule has 98 valence electrons. The molecule has 0 aromatic heterocycles. The maximum absolute atomic E-state index is 10.7. The first kappa shape index (κ1) is 12.8. The van der Waals surface area contributed by atoms with Gasteiger partial charge in [0.15, 0.2) is 0 Å². The summed E-state index contributed by atoms with van der Waals surface area (Å²) in [6.07, 6.45) is 2.84. The minimum Gasteiger partial charge on any atom is -0.487 e. The van der Waals surface area contributed by atoms with Crippen LogP contribution in [0.1, 0.15) is 31.2 Å². The molecule has 18 heavy (non-hydrogen) atoms. The standard InChI is InChI=1S/C13H17NO4/c1-9-6-7-10(14(16)17)8-13(9)18-12-5-3-2-4-11(12)15/h6-8,11-12,15H,2-5H2,1H3/t11-,12-/m0/s1. The highest BCUT2D eigenvalue weighted by atomic mass is 16.6. The quantitative estimate of drug-likeness (QED) is 0.662. The van der Waals surface area contributed by atoms with E-state index in [1.165, 1.54) is 12.1 Å². The number of hydrogen-bond acceptors (Lipinski definition) is 4. The van der Waals surface area contributed by atoms with Crippen molar-refractivity contribution in [3.63, 3.8) is 0 Å². The largest absolute Gasteiger partial charge is 0.487 e. The van der Waals surface area contributed by atoms with Crippen molar-refractivity contribution in [1.29, 1.82) is 0 Å². The van der Waals surface area contributed by atoms with E-state index in [4.69, 9.17) is 4.74 Å². The Bertz CT molecular complexity index is 447. The molecule has 1 aliphatic carbocycles. The first-order chi connectivity index (χ1) is 8.58. The van der Waals surface area contributed by atoms with Gasteiger partial charge in [0.2, 0.25) is 0 Å². The lowest BCUT2D eigenvalue weighted by atomic mass is 9.95. The average molecular weight is 251 g/mol. The van der Waals surface area contributed by atoms with Gasteiger partial charge in [-0.2, -0.15) is 0 Å². The molecule has 0 radical (unpaired) electrons. The van der Waals surface area contributed by atoms with Crippen LogP contribution in [-0.4, -0.2) is 22.2 Å². The van der Waals surface area contributed by atoms with E-state index in [1.807, 2.05) is 6.92 Å². The van der Waals surface area contributed by atoms with Crippen molar-refractivity contribution < 1.29 is 14.8 Å². The van der Waals surface area contributed by atoms with Gasteiger partial charge in [-0.3, -0.25) is 10.1 Å². The van der Waals surface area contributed by atoms with Crippen LogP contribution < -0.4 is 4.74 Å². The Labute approximate surface area is 106 Å². The van der Waals surface area contributed by atoms with Crippen molar-refractivity contribution in [1.82, 2.24) is 0 Å². The van der Waals surface area contributed by atoms with Crippen LogP contribution in [-0.2, 0) is 0 Å². The van der Waals surface area contributed by atoms with Crippen LogP contribution in [0.5, 0.6) is 5.75 Å². The lowest BCUT2D eigenvalue weighted by Gasteiger charge is -2.28. The predicted molar refractivity (Wildman–Crippen MR) is 66.7 cm³/mol. The summed E-state index contributed by atoms with van der Waals surface area (Å²) in [5.41, 5.74) is 0.860. The van der Waals surface area contributed by atoms with E-state index < -0.39 is 11.0 Å². The topological polar surface area (TPSA) is 72.6 Å². The number of ether oxygens (including phenoxy) is 1. The third-order valence-corrected chi connectivity index (χ3v) is 3.33. The van der Waals surface area contributed by atoms with Crippen LogP contribution in [0.25, 0.3) is 0 Å². The smallest absolute Gasteiger partial charge is 0.273 e. The molecule has 0 aliphatic heterocycles. The number of aryl methyl sites for hydroxylation is 1. The molecule has 2 atom stereocenters. The Kier molecular flexibility index (Phi) is 3.81. The van der Waals surface area contributed by atoms with E-state index in [9.17, 15) is 15.2 Å². The molecule has 2 rings (SSSR count). The summed E-state index contributed by atoms with van der Waals surface area (Å²) in [5, 5.41) is 20.6. The fourth-order valence-electron chi connectivity index (χ4n) is 2.21. The van der Waals surface area contributed by atoms with Crippen molar-refractivity contribution in [2.24, 2.45) is 0 Å². The normalized spacial score (nSPS) is 23.7. The minimum atomic E-state index is -0.475. The zero-order chi connectivity index (χ0) is 13.1. The number of benzene rings is 1. The Morgan fingerprint density at radius 2 is 2.11 bits per heavy atom. The van der Waals surface area contributed by atoms with Crippen LogP contribution in [0, 0.1) is 17.0 Å². The van der Waals surface area contributed by atoms with Gasteiger partial charge in [-0.15, -0.1) is 0 Å². The first-order valence-electron chi connectivity index (χ1n) is 6.17. The van der Waals surface area contributed by atoms with Crippen LogP contribution in [0.15, 0.2) is 18.2 Å². The third-order valence-electron chi connectivity index (χ3n) is 3.33. The van der Waals surface area contributed by atoms with Crippen LogP contribution in [0.4, 0.5) is 5.69 Å². The van der Waals surface area contributed by atoms with Crippen molar-refractivity contribution in [3.05, 3.63) is 33.9 Å². The Morgan fingerprint density at radius 1 is 1.39 bits per heavy atom. The van der Waals surface area contributed by atoms with E-state index in [1.54, 1.807) is 6.07 Å². The first-order valence-corrected chi connectivity index (χ1v) is 6.17. The van der Waals surface area contributed by atoms with Gasteiger partial charge in [0.1, 0.15) is 11.9 Å². The molecular weight excluding hydrogens is 234 g/mol. The average Bonchev–Trinajstić information content (AvgIpc) is 2.34. The fraction of sp³-hybridized carbons (Fsp3) is 0.538. The summed E-state index contributed by atoms with van der Waals surface area (Å²) in [4.78, 5) is 10.3. The molecule has 0 heterocycles. The number of aliphatic hydroxyl groups is 1. The van der Waals surface area contributed by atoms with Gasteiger partial charge in [-0.05, 0) is 37.8 Å². The molecule has 0 amide bonds. The van der Waals surface area contributed by atoms with Gasteiger partial charge in [-0.25, -0.2) is 0 Å². The molecule has 5 nitrogen and oxygen atoms in total. The lowest BCUT2D eigenvalue weighted by molar-refractivity contribution is -0.385. The summed E-state index contributed by atoms with van der Waals surface area (Å²) >= 11 is 0. The zero-order valence-electron chi connectivity index (χ0n) is 10.3. The number of hydrogen-bond donors (Lipinski definition) is 1. The van der Waals surface area contributed by atoms with Crippen molar-refractivity contribution in [3.8, 4) is 5.75 Å². The van der Waals surface area contributed by atoms with E-state index in [0.29, 0.717) is 5.75 Å². The molecule has 1 saturated carbocycles. The summed E-state index contributed by atoms with van der Waals surface area (Å²) in [6.45, 7) is 1.84. The molecule has 0 bridgehead atoms. The van der Waals surface area contributed by atoms with Crippen molar-refractivity contribution in [2.45, 2.75) is 44.8 Å². The predicted octanol–water partition coefficient (Wildman–Crippen LogP) is 2.59. The van der Waals surface area contributed by atoms with Crippen molar-refractivity contribution in [2.75, 3.05) is 0 Å².